The lowest BCUT2D eigenvalue weighted by Crippen LogP contribution is -2.30. The fraction of sp³-hybridized carbons (Fsp3) is 0.600. The van der Waals surface area contributed by atoms with Crippen LogP contribution in [0.4, 0.5) is 0 Å². The SMILES string of the molecule is CN(CCc1ccncc1)CC1CCC(=O)CC1. The fourth-order valence-corrected chi connectivity index (χ4v) is 2.58. The molecule has 0 aromatic carbocycles. The Morgan fingerprint density at radius 3 is 2.61 bits per heavy atom. The largest absolute Gasteiger partial charge is 0.306 e. The van der Waals surface area contributed by atoms with Crippen LogP contribution in [0.15, 0.2) is 24.5 Å². The third-order valence-corrected chi connectivity index (χ3v) is 3.76. The van der Waals surface area contributed by atoms with E-state index in [9.17, 15) is 4.79 Å². The molecule has 3 nitrogen and oxygen atoms in total. The van der Waals surface area contributed by atoms with Gasteiger partial charge in [0.15, 0.2) is 0 Å². The molecule has 1 heterocycles. The number of likely N-dealkylation sites (N-methyl/N-ethyl adjacent to an activating group) is 1. The lowest BCUT2D eigenvalue weighted by Gasteiger charge is -2.26. The molecule has 0 atom stereocenters. The molecule has 0 aliphatic heterocycles. The van der Waals surface area contributed by atoms with Gasteiger partial charge in [-0.1, -0.05) is 0 Å². The highest BCUT2D eigenvalue weighted by molar-refractivity contribution is 5.79. The van der Waals surface area contributed by atoms with Gasteiger partial charge in [0.25, 0.3) is 0 Å². The lowest BCUT2D eigenvalue weighted by molar-refractivity contribution is -0.121. The van der Waals surface area contributed by atoms with Gasteiger partial charge in [-0.25, -0.2) is 0 Å². The van der Waals surface area contributed by atoms with E-state index in [1.807, 2.05) is 12.4 Å². The number of hydrogen-bond acceptors (Lipinski definition) is 3. The molecule has 98 valence electrons. The summed E-state index contributed by atoms with van der Waals surface area (Å²) < 4.78 is 0. The fourth-order valence-electron chi connectivity index (χ4n) is 2.58. The van der Waals surface area contributed by atoms with Gasteiger partial charge >= 0.3 is 0 Å². The number of hydrogen-bond donors (Lipinski definition) is 0. The summed E-state index contributed by atoms with van der Waals surface area (Å²) in [5, 5.41) is 0. The summed E-state index contributed by atoms with van der Waals surface area (Å²) in [5.74, 6) is 1.16. The first-order chi connectivity index (χ1) is 8.74. The van der Waals surface area contributed by atoms with Crippen LogP contribution < -0.4 is 0 Å². The highest BCUT2D eigenvalue weighted by Gasteiger charge is 2.19. The minimum atomic E-state index is 0.450. The molecule has 0 saturated heterocycles. The zero-order valence-electron chi connectivity index (χ0n) is 11.1. The molecule has 1 saturated carbocycles. The maximum absolute atomic E-state index is 11.2. The number of ketones is 1. The zero-order chi connectivity index (χ0) is 12.8. The predicted molar refractivity (Wildman–Crippen MR) is 72.4 cm³/mol. The first-order valence-corrected chi connectivity index (χ1v) is 6.83. The molecule has 1 aliphatic rings. The van der Waals surface area contributed by atoms with E-state index in [-0.39, 0.29) is 0 Å². The van der Waals surface area contributed by atoms with Gasteiger partial charge in [-0.2, -0.15) is 0 Å². The molecule has 3 heteroatoms. The second-order valence-corrected chi connectivity index (χ2v) is 5.35. The Balaban J connectivity index is 1.69. The highest BCUT2D eigenvalue weighted by atomic mass is 16.1. The number of nitrogens with zero attached hydrogens (tertiary/aromatic N) is 2. The van der Waals surface area contributed by atoms with Crippen LogP contribution in [0.5, 0.6) is 0 Å². The summed E-state index contributed by atoms with van der Waals surface area (Å²) in [6.07, 6.45) is 8.53. The van der Waals surface area contributed by atoms with E-state index in [0.29, 0.717) is 11.7 Å². The van der Waals surface area contributed by atoms with Gasteiger partial charge in [0, 0.05) is 38.3 Å². The van der Waals surface area contributed by atoms with Crippen molar-refractivity contribution in [1.29, 1.82) is 0 Å². The Morgan fingerprint density at radius 2 is 1.94 bits per heavy atom. The Hall–Kier alpha value is -1.22. The van der Waals surface area contributed by atoms with Crippen molar-refractivity contribution in [3.63, 3.8) is 0 Å². The maximum Gasteiger partial charge on any atom is 0.132 e. The molecule has 1 aromatic heterocycles. The van der Waals surface area contributed by atoms with E-state index >= 15 is 0 Å². The van der Waals surface area contributed by atoms with Crippen LogP contribution in [0, 0.1) is 5.92 Å². The number of pyridine rings is 1. The molecular weight excluding hydrogens is 224 g/mol. The van der Waals surface area contributed by atoms with Crippen LogP contribution in [0.3, 0.4) is 0 Å². The van der Waals surface area contributed by atoms with Gasteiger partial charge in [-0.15, -0.1) is 0 Å². The van der Waals surface area contributed by atoms with Crippen molar-refractivity contribution in [3.05, 3.63) is 30.1 Å². The van der Waals surface area contributed by atoms with E-state index in [4.69, 9.17) is 0 Å². The topological polar surface area (TPSA) is 33.2 Å². The van der Waals surface area contributed by atoms with Gasteiger partial charge < -0.3 is 4.90 Å². The average Bonchev–Trinajstić information content (AvgIpc) is 2.40. The first kappa shape index (κ1) is 13.2. The summed E-state index contributed by atoms with van der Waals surface area (Å²) in [4.78, 5) is 17.6. The minimum absolute atomic E-state index is 0.450. The third-order valence-electron chi connectivity index (χ3n) is 3.76. The van der Waals surface area contributed by atoms with Crippen LogP contribution in [0.2, 0.25) is 0 Å². The number of aromatic nitrogens is 1. The molecule has 0 radical (unpaired) electrons. The van der Waals surface area contributed by atoms with Crippen LogP contribution in [-0.2, 0) is 11.2 Å². The van der Waals surface area contributed by atoms with E-state index in [1.54, 1.807) is 0 Å². The zero-order valence-corrected chi connectivity index (χ0v) is 11.1. The number of carbonyl (C=O) groups excluding carboxylic acids is 1. The second kappa shape index (κ2) is 6.64. The maximum atomic E-state index is 11.2. The quantitative estimate of drug-likeness (QED) is 0.799. The van der Waals surface area contributed by atoms with Crippen LogP contribution in [0.1, 0.15) is 31.2 Å². The molecule has 0 N–H and O–H groups in total. The molecule has 18 heavy (non-hydrogen) atoms. The second-order valence-electron chi connectivity index (χ2n) is 5.35. The molecule has 0 unspecified atom stereocenters. The van der Waals surface area contributed by atoms with E-state index in [0.717, 1.165) is 45.2 Å². The summed E-state index contributed by atoms with van der Waals surface area (Å²) >= 11 is 0. The van der Waals surface area contributed by atoms with Crippen molar-refractivity contribution in [2.45, 2.75) is 32.1 Å². The average molecular weight is 246 g/mol. The molecule has 0 bridgehead atoms. The first-order valence-electron chi connectivity index (χ1n) is 6.83. The summed E-state index contributed by atoms with van der Waals surface area (Å²) in [7, 11) is 2.18. The van der Waals surface area contributed by atoms with E-state index in [1.165, 1.54) is 5.56 Å². The number of Topliss-reactive ketones (excluding diaryl/α,β-unsaturated/α-hetero) is 1. The monoisotopic (exact) mass is 246 g/mol. The molecule has 1 aromatic rings. The summed E-state index contributed by atoms with van der Waals surface area (Å²) in [6, 6.07) is 4.15. The Morgan fingerprint density at radius 1 is 1.28 bits per heavy atom. The molecule has 0 amide bonds. The minimum Gasteiger partial charge on any atom is -0.306 e. The lowest BCUT2D eigenvalue weighted by atomic mass is 9.88. The van der Waals surface area contributed by atoms with Crippen molar-refractivity contribution in [3.8, 4) is 0 Å². The molecular formula is C15H22N2O. The van der Waals surface area contributed by atoms with Crippen molar-refractivity contribution >= 4 is 5.78 Å². The van der Waals surface area contributed by atoms with E-state index < -0.39 is 0 Å². The Bertz CT molecular complexity index is 367. The van der Waals surface area contributed by atoms with E-state index in [2.05, 4.69) is 29.1 Å². The van der Waals surface area contributed by atoms with Gasteiger partial charge in [0.05, 0.1) is 0 Å². The van der Waals surface area contributed by atoms with Gasteiger partial charge in [0.1, 0.15) is 5.78 Å². The third kappa shape index (κ3) is 4.22. The normalized spacial score (nSPS) is 17.3. The number of carbonyl (C=O) groups is 1. The molecule has 0 spiro atoms. The smallest absolute Gasteiger partial charge is 0.132 e. The van der Waals surface area contributed by atoms with Crippen molar-refractivity contribution in [1.82, 2.24) is 9.88 Å². The van der Waals surface area contributed by atoms with Gasteiger partial charge in [-0.05, 0) is 49.9 Å². The standard InChI is InChI=1S/C15H22N2O/c1-17(11-8-13-6-9-16-10-7-13)12-14-2-4-15(18)5-3-14/h6-7,9-10,14H,2-5,8,11-12H2,1H3. The predicted octanol–water partition coefficient (Wildman–Crippen LogP) is 2.32. The van der Waals surface area contributed by atoms with Gasteiger partial charge in [-0.3, -0.25) is 9.78 Å². The van der Waals surface area contributed by atoms with Crippen molar-refractivity contribution in [2.24, 2.45) is 5.92 Å². The Kier molecular flexibility index (Phi) is 4.88. The van der Waals surface area contributed by atoms with Crippen LogP contribution in [-0.4, -0.2) is 35.8 Å². The van der Waals surface area contributed by atoms with Crippen molar-refractivity contribution < 1.29 is 4.79 Å². The van der Waals surface area contributed by atoms with Crippen LogP contribution >= 0.6 is 0 Å². The highest BCUT2D eigenvalue weighted by Crippen LogP contribution is 2.22. The molecule has 1 fully saturated rings. The molecule has 1 aliphatic carbocycles. The van der Waals surface area contributed by atoms with Crippen LogP contribution in [0.25, 0.3) is 0 Å². The summed E-state index contributed by atoms with van der Waals surface area (Å²) in [5.41, 5.74) is 1.34. The Labute approximate surface area is 109 Å². The van der Waals surface area contributed by atoms with Crippen molar-refractivity contribution in [2.75, 3.05) is 20.1 Å². The summed E-state index contributed by atoms with van der Waals surface area (Å²) in [6.45, 7) is 2.20. The molecule has 2 rings (SSSR count). The van der Waals surface area contributed by atoms with Gasteiger partial charge in [0.2, 0.25) is 0 Å². The number of rotatable bonds is 5.